The molecule has 0 unspecified atom stereocenters. The summed E-state index contributed by atoms with van der Waals surface area (Å²) < 4.78 is 5.34. The third-order valence-electron chi connectivity index (χ3n) is 4.23. The Labute approximate surface area is 150 Å². The first-order valence-corrected chi connectivity index (χ1v) is 9.05. The molecule has 6 heteroatoms. The Kier molecular flexibility index (Phi) is 7.73. The van der Waals surface area contributed by atoms with Gasteiger partial charge in [-0.25, -0.2) is 4.79 Å². The second-order valence-electron chi connectivity index (χ2n) is 6.83. The van der Waals surface area contributed by atoms with Crippen LogP contribution in [0.1, 0.15) is 26.7 Å². The lowest BCUT2D eigenvalue weighted by atomic mass is 10.1. The summed E-state index contributed by atoms with van der Waals surface area (Å²) in [6.07, 6.45) is 1.81. The average molecular weight is 347 g/mol. The summed E-state index contributed by atoms with van der Waals surface area (Å²) in [6.45, 7) is 8.02. The van der Waals surface area contributed by atoms with Crippen molar-refractivity contribution >= 4 is 12.0 Å². The van der Waals surface area contributed by atoms with Gasteiger partial charge in [0.25, 0.3) is 0 Å². The van der Waals surface area contributed by atoms with Crippen LogP contribution in [0.5, 0.6) is 5.75 Å². The number of nitrogens with one attached hydrogen (secondary N) is 1. The Morgan fingerprint density at radius 3 is 2.44 bits per heavy atom. The van der Waals surface area contributed by atoms with E-state index in [0.29, 0.717) is 44.4 Å². The molecule has 1 heterocycles. The van der Waals surface area contributed by atoms with Crippen molar-refractivity contribution in [3.63, 3.8) is 0 Å². The zero-order chi connectivity index (χ0) is 18.1. The van der Waals surface area contributed by atoms with Crippen molar-refractivity contribution in [3.8, 4) is 5.75 Å². The molecule has 138 valence electrons. The van der Waals surface area contributed by atoms with Crippen molar-refractivity contribution in [1.29, 1.82) is 0 Å². The summed E-state index contributed by atoms with van der Waals surface area (Å²) in [4.78, 5) is 27.8. The van der Waals surface area contributed by atoms with Gasteiger partial charge in [-0.2, -0.15) is 0 Å². The van der Waals surface area contributed by atoms with E-state index in [0.717, 1.165) is 19.4 Å². The number of benzene rings is 1. The van der Waals surface area contributed by atoms with Gasteiger partial charge in [0.15, 0.2) is 0 Å². The monoisotopic (exact) mass is 347 g/mol. The normalized spacial score (nSPS) is 15.2. The Balaban J connectivity index is 1.64. The number of ether oxygens (including phenoxy) is 1. The summed E-state index contributed by atoms with van der Waals surface area (Å²) in [5, 5.41) is 2.97. The molecule has 25 heavy (non-hydrogen) atoms. The lowest BCUT2D eigenvalue weighted by Crippen LogP contribution is -2.51. The minimum Gasteiger partial charge on any atom is -0.410 e. The molecule has 2 amide bonds. The van der Waals surface area contributed by atoms with Crippen LogP contribution in [0, 0.1) is 5.92 Å². The number of hydrogen-bond donors (Lipinski definition) is 1. The van der Waals surface area contributed by atoms with Gasteiger partial charge in [-0.15, -0.1) is 0 Å². The Hall–Kier alpha value is -2.08. The zero-order valence-corrected chi connectivity index (χ0v) is 15.2. The van der Waals surface area contributed by atoms with E-state index in [-0.39, 0.29) is 12.0 Å². The van der Waals surface area contributed by atoms with Crippen molar-refractivity contribution in [1.82, 2.24) is 15.1 Å². The van der Waals surface area contributed by atoms with Gasteiger partial charge in [0, 0.05) is 32.7 Å². The highest BCUT2D eigenvalue weighted by molar-refractivity contribution is 5.78. The van der Waals surface area contributed by atoms with Gasteiger partial charge in [-0.1, -0.05) is 32.0 Å². The van der Waals surface area contributed by atoms with E-state index in [1.165, 1.54) is 0 Å². The van der Waals surface area contributed by atoms with Gasteiger partial charge in [0.1, 0.15) is 5.75 Å². The Morgan fingerprint density at radius 1 is 1.12 bits per heavy atom. The maximum atomic E-state index is 12.1. The molecule has 1 aliphatic heterocycles. The van der Waals surface area contributed by atoms with Crippen molar-refractivity contribution < 1.29 is 14.3 Å². The molecule has 1 aliphatic rings. The van der Waals surface area contributed by atoms with Crippen LogP contribution in [0.2, 0.25) is 0 Å². The molecule has 0 spiro atoms. The number of carbonyl (C=O) groups is 2. The second kappa shape index (κ2) is 10.0. The molecule has 1 aromatic carbocycles. The predicted molar refractivity (Wildman–Crippen MR) is 97.6 cm³/mol. The molecule has 2 rings (SSSR count). The smallest absolute Gasteiger partial charge is 0.410 e. The van der Waals surface area contributed by atoms with Crippen LogP contribution < -0.4 is 10.1 Å². The Morgan fingerprint density at radius 2 is 1.80 bits per heavy atom. The number of rotatable bonds is 7. The highest BCUT2D eigenvalue weighted by Gasteiger charge is 2.23. The largest absolute Gasteiger partial charge is 0.415 e. The number of nitrogens with zero attached hydrogens (tertiary/aromatic N) is 2. The van der Waals surface area contributed by atoms with Crippen molar-refractivity contribution in [2.24, 2.45) is 5.92 Å². The highest BCUT2D eigenvalue weighted by atomic mass is 16.6. The Bertz CT molecular complexity index is 540. The maximum Gasteiger partial charge on any atom is 0.415 e. The van der Waals surface area contributed by atoms with E-state index in [1.807, 2.05) is 18.2 Å². The molecule has 1 N–H and O–H groups in total. The molecule has 1 fully saturated rings. The lowest BCUT2D eigenvalue weighted by Gasteiger charge is -2.33. The van der Waals surface area contributed by atoms with Gasteiger partial charge >= 0.3 is 6.09 Å². The van der Waals surface area contributed by atoms with Crippen molar-refractivity contribution in [2.45, 2.75) is 26.7 Å². The molecule has 0 atom stereocenters. The highest BCUT2D eigenvalue weighted by Crippen LogP contribution is 2.11. The van der Waals surface area contributed by atoms with Crippen LogP contribution in [0.25, 0.3) is 0 Å². The third-order valence-corrected chi connectivity index (χ3v) is 4.23. The SMILES string of the molecule is CC(C)CCCNC(=O)CN1CCN(C(=O)Oc2ccccc2)CC1. The van der Waals surface area contributed by atoms with Gasteiger partial charge in [0.05, 0.1) is 6.54 Å². The van der Waals surface area contributed by atoms with E-state index >= 15 is 0 Å². The lowest BCUT2D eigenvalue weighted by molar-refractivity contribution is -0.122. The van der Waals surface area contributed by atoms with Crippen molar-refractivity contribution in [3.05, 3.63) is 30.3 Å². The van der Waals surface area contributed by atoms with Crippen LogP contribution in [-0.2, 0) is 4.79 Å². The topological polar surface area (TPSA) is 61.9 Å². The van der Waals surface area contributed by atoms with Crippen LogP contribution in [0.3, 0.4) is 0 Å². The van der Waals surface area contributed by atoms with Crippen molar-refractivity contribution in [2.75, 3.05) is 39.3 Å². The molecule has 6 nitrogen and oxygen atoms in total. The fourth-order valence-electron chi connectivity index (χ4n) is 2.74. The summed E-state index contributed by atoms with van der Waals surface area (Å²) in [5.41, 5.74) is 0. The fraction of sp³-hybridized carbons (Fsp3) is 0.579. The van der Waals surface area contributed by atoms with E-state index in [1.54, 1.807) is 17.0 Å². The van der Waals surface area contributed by atoms with Gasteiger partial charge in [-0.3, -0.25) is 9.69 Å². The summed E-state index contributed by atoms with van der Waals surface area (Å²) in [6, 6.07) is 9.07. The summed E-state index contributed by atoms with van der Waals surface area (Å²) in [7, 11) is 0. The van der Waals surface area contributed by atoms with Crippen LogP contribution >= 0.6 is 0 Å². The van der Waals surface area contributed by atoms with Gasteiger partial charge in [-0.05, 0) is 30.9 Å². The molecular weight excluding hydrogens is 318 g/mol. The number of carbonyl (C=O) groups excluding carboxylic acids is 2. The number of para-hydroxylation sites is 1. The van der Waals surface area contributed by atoms with Crippen LogP contribution in [0.15, 0.2) is 30.3 Å². The standard InChI is InChI=1S/C19H29N3O3/c1-16(2)7-6-10-20-18(23)15-21-11-13-22(14-12-21)19(24)25-17-8-4-3-5-9-17/h3-5,8-9,16H,6-7,10-15H2,1-2H3,(H,20,23). The third kappa shape index (κ3) is 7.13. The molecule has 1 aromatic rings. The first-order valence-electron chi connectivity index (χ1n) is 9.05. The fourth-order valence-corrected chi connectivity index (χ4v) is 2.74. The minimum absolute atomic E-state index is 0.0593. The van der Waals surface area contributed by atoms with Gasteiger partial charge in [0.2, 0.25) is 5.91 Å². The summed E-state index contributed by atoms with van der Waals surface area (Å²) >= 11 is 0. The summed E-state index contributed by atoms with van der Waals surface area (Å²) in [5.74, 6) is 1.28. The first-order chi connectivity index (χ1) is 12.0. The molecule has 1 saturated heterocycles. The number of piperazine rings is 1. The number of amides is 2. The molecular formula is C19H29N3O3. The minimum atomic E-state index is -0.330. The predicted octanol–water partition coefficient (Wildman–Crippen LogP) is 2.36. The van der Waals surface area contributed by atoms with Gasteiger partial charge < -0.3 is 15.0 Å². The van der Waals surface area contributed by atoms with E-state index in [9.17, 15) is 9.59 Å². The molecule has 0 aliphatic carbocycles. The van der Waals surface area contributed by atoms with E-state index < -0.39 is 0 Å². The van der Waals surface area contributed by atoms with E-state index in [2.05, 4.69) is 24.1 Å². The zero-order valence-electron chi connectivity index (χ0n) is 15.2. The average Bonchev–Trinajstić information content (AvgIpc) is 2.60. The molecule has 0 saturated carbocycles. The molecule has 0 bridgehead atoms. The van der Waals surface area contributed by atoms with Crippen LogP contribution in [0.4, 0.5) is 4.79 Å². The molecule has 0 radical (unpaired) electrons. The second-order valence-corrected chi connectivity index (χ2v) is 6.83. The van der Waals surface area contributed by atoms with E-state index in [4.69, 9.17) is 4.74 Å². The maximum absolute atomic E-state index is 12.1. The first kappa shape index (κ1) is 19.2. The van der Waals surface area contributed by atoms with Crippen LogP contribution in [-0.4, -0.2) is 61.1 Å². The molecule has 0 aromatic heterocycles. The quantitative estimate of drug-likeness (QED) is 0.769. The number of hydrogen-bond acceptors (Lipinski definition) is 4.